The molecule has 0 radical (unpaired) electrons. The number of nitrogens with zero attached hydrogens (tertiary/aromatic N) is 4. The highest BCUT2D eigenvalue weighted by Gasteiger charge is 2.30. The Hall–Kier alpha value is -3.08. The highest BCUT2D eigenvalue weighted by Crippen LogP contribution is 2.29. The first kappa shape index (κ1) is 24.6. The van der Waals surface area contributed by atoms with Crippen LogP contribution in [0.5, 0.6) is 5.75 Å². The fraction of sp³-hybridized carbons (Fsp3) is 0.500. The number of alkyl halides is 3. The van der Waals surface area contributed by atoms with E-state index in [9.17, 15) is 27.9 Å². The number of amides is 1. The highest BCUT2D eigenvalue weighted by atomic mass is 19.4. The number of hydrogen-bond donors (Lipinski definition) is 1. The summed E-state index contributed by atoms with van der Waals surface area (Å²) in [7, 11) is 0. The smallest absolute Gasteiger partial charge is 0.416 e. The van der Waals surface area contributed by atoms with Gasteiger partial charge in [0, 0.05) is 32.7 Å². The number of piperazine rings is 1. The molecule has 1 fully saturated rings. The lowest BCUT2D eigenvalue weighted by Crippen LogP contribution is -2.49. The van der Waals surface area contributed by atoms with Crippen molar-refractivity contribution in [3.63, 3.8) is 0 Å². The summed E-state index contributed by atoms with van der Waals surface area (Å²) < 4.78 is 45.2. The Morgan fingerprint density at radius 3 is 2.39 bits per heavy atom. The van der Waals surface area contributed by atoms with E-state index in [1.54, 1.807) is 25.7 Å². The lowest BCUT2D eigenvalue weighted by molar-refractivity contribution is -0.137. The van der Waals surface area contributed by atoms with Crippen molar-refractivity contribution in [1.29, 1.82) is 0 Å². The Kier molecular flexibility index (Phi) is 7.01. The minimum Gasteiger partial charge on any atom is -0.502 e. The Labute approximate surface area is 189 Å². The van der Waals surface area contributed by atoms with Gasteiger partial charge in [-0.3, -0.25) is 14.3 Å². The first-order valence-electron chi connectivity index (χ1n) is 10.5. The van der Waals surface area contributed by atoms with Crippen molar-refractivity contribution in [1.82, 2.24) is 19.4 Å². The standard InChI is InChI=1S/C22H27F3N4O4/c1-21(2,3)33-20(32)28-9-7-27(8-10-28)13-17-18(30)19(31)29(14-26-17)12-15-5-4-6-16(11-15)22(23,24)25/h4-6,11,14,30H,7-10,12-13H2,1-3H3. The van der Waals surface area contributed by atoms with Crippen LogP contribution in [0.4, 0.5) is 18.0 Å². The quantitative estimate of drug-likeness (QED) is 0.742. The SMILES string of the molecule is CC(C)(C)OC(=O)N1CCN(Cc2ncn(Cc3cccc(C(F)(F)F)c3)c(=O)c2O)CC1. The molecule has 1 saturated heterocycles. The second-order valence-corrected chi connectivity index (χ2v) is 8.91. The van der Waals surface area contributed by atoms with Crippen molar-refractivity contribution < 1.29 is 27.8 Å². The average Bonchev–Trinajstić information content (AvgIpc) is 2.72. The summed E-state index contributed by atoms with van der Waals surface area (Å²) in [5.74, 6) is -0.543. The molecule has 1 aromatic carbocycles. The fourth-order valence-corrected chi connectivity index (χ4v) is 3.41. The summed E-state index contributed by atoms with van der Waals surface area (Å²) >= 11 is 0. The summed E-state index contributed by atoms with van der Waals surface area (Å²) in [5.41, 5.74) is -1.69. The van der Waals surface area contributed by atoms with Crippen LogP contribution in [0.15, 0.2) is 35.4 Å². The molecule has 2 aromatic rings. The molecule has 1 aliphatic rings. The van der Waals surface area contributed by atoms with Gasteiger partial charge < -0.3 is 14.7 Å². The number of benzene rings is 1. The number of aromatic hydroxyl groups is 1. The van der Waals surface area contributed by atoms with Crippen molar-refractivity contribution in [2.45, 2.75) is 45.6 Å². The zero-order valence-corrected chi connectivity index (χ0v) is 18.7. The third-order valence-electron chi connectivity index (χ3n) is 5.09. The minimum atomic E-state index is -4.49. The highest BCUT2D eigenvalue weighted by molar-refractivity contribution is 5.68. The van der Waals surface area contributed by atoms with Crippen LogP contribution in [0.25, 0.3) is 0 Å². The number of rotatable bonds is 4. The number of hydrogen-bond acceptors (Lipinski definition) is 6. The first-order valence-corrected chi connectivity index (χ1v) is 10.5. The van der Waals surface area contributed by atoms with Gasteiger partial charge in [0.25, 0.3) is 5.56 Å². The van der Waals surface area contributed by atoms with Crippen molar-refractivity contribution in [2.75, 3.05) is 26.2 Å². The van der Waals surface area contributed by atoms with Crippen molar-refractivity contribution in [3.8, 4) is 5.75 Å². The molecule has 180 valence electrons. The molecule has 0 bridgehead atoms. The van der Waals surface area contributed by atoms with Gasteiger partial charge in [-0.2, -0.15) is 13.2 Å². The summed E-state index contributed by atoms with van der Waals surface area (Å²) in [6.07, 6.45) is -3.66. The molecule has 33 heavy (non-hydrogen) atoms. The van der Waals surface area contributed by atoms with E-state index in [0.29, 0.717) is 26.2 Å². The number of halogens is 3. The second kappa shape index (κ2) is 9.42. The van der Waals surface area contributed by atoms with Gasteiger partial charge in [0.15, 0.2) is 0 Å². The largest absolute Gasteiger partial charge is 0.502 e. The number of aromatic nitrogens is 2. The lowest BCUT2D eigenvalue weighted by Gasteiger charge is -2.35. The Morgan fingerprint density at radius 1 is 1.12 bits per heavy atom. The Balaban J connectivity index is 1.64. The Morgan fingerprint density at radius 2 is 1.79 bits per heavy atom. The van der Waals surface area contributed by atoms with Gasteiger partial charge in [-0.25, -0.2) is 9.78 Å². The predicted molar refractivity (Wildman–Crippen MR) is 114 cm³/mol. The van der Waals surface area contributed by atoms with Crippen LogP contribution in [0.3, 0.4) is 0 Å². The maximum Gasteiger partial charge on any atom is 0.416 e. The van der Waals surface area contributed by atoms with Gasteiger partial charge in [0.1, 0.15) is 11.3 Å². The molecular formula is C22H27F3N4O4. The third kappa shape index (κ3) is 6.47. The van der Waals surface area contributed by atoms with Crippen LogP contribution < -0.4 is 5.56 Å². The van der Waals surface area contributed by atoms with Crippen LogP contribution in [0.2, 0.25) is 0 Å². The van der Waals surface area contributed by atoms with Gasteiger partial charge >= 0.3 is 12.3 Å². The molecule has 0 atom stereocenters. The molecule has 1 aromatic heterocycles. The van der Waals surface area contributed by atoms with Gasteiger partial charge in [-0.15, -0.1) is 0 Å². The maximum absolute atomic E-state index is 12.9. The zero-order valence-electron chi connectivity index (χ0n) is 18.7. The minimum absolute atomic E-state index is 0.155. The summed E-state index contributed by atoms with van der Waals surface area (Å²) in [4.78, 5) is 32.4. The molecule has 1 amide bonds. The van der Waals surface area contributed by atoms with Crippen LogP contribution in [-0.2, 0) is 24.0 Å². The molecule has 2 heterocycles. The summed E-state index contributed by atoms with van der Waals surface area (Å²) in [5, 5.41) is 10.4. The normalized spacial score (nSPS) is 15.5. The van der Waals surface area contributed by atoms with Crippen molar-refractivity contribution in [3.05, 3.63) is 57.8 Å². The molecule has 11 heteroatoms. The average molecular weight is 468 g/mol. The molecule has 0 spiro atoms. The van der Waals surface area contributed by atoms with E-state index in [2.05, 4.69) is 4.98 Å². The molecule has 0 saturated carbocycles. The zero-order chi connectivity index (χ0) is 24.4. The molecule has 1 N–H and O–H groups in total. The van der Waals surface area contributed by atoms with E-state index in [4.69, 9.17) is 4.74 Å². The second-order valence-electron chi connectivity index (χ2n) is 8.91. The lowest BCUT2D eigenvalue weighted by atomic mass is 10.1. The molecule has 3 rings (SSSR count). The van der Waals surface area contributed by atoms with E-state index in [-0.39, 0.29) is 30.4 Å². The fourth-order valence-electron chi connectivity index (χ4n) is 3.41. The van der Waals surface area contributed by atoms with Gasteiger partial charge in [-0.05, 0) is 38.5 Å². The molecular weight excluding hydrogens is 441 g/mol. The van der Waals surface area contributed by atoms with E-state index in [0.717, 1.165) is 16.7 Å². The van der Waals surface area contributed by atoms with Crippen LogP contribution in [-0.4, -0.2) is 62.3 Å². The topological polar surface area (TPSA) is 87.9 Å². The monoisotopic (exact) mass is 468 g/mol. The van der Waals surface area contributed by atoms with Crippen LogP contribution >= 0.6 is 0 Å². The van der Waals surface area contributed by atoms with Crippen LogP contribution in [0, 0.1) is 0 Å². The van der Waals surface area contributed by atoms with E-state index >= 15 is 0 Å². The predicted octanol–water partition coefficient (Wildman–Crippen LogP) is 3.07. The number of ether oxygens (including phenoxy) is 1. The summed E-state index contributed by atoms with van der Waals surface area (Å²) in [6, 6.07) is 4.65. The van der Waals surface area contributed by atoms with E-state index in [1.807, 2.05) is 4.90 Å². The van der Waals surface area contributed by atoms with Gasteiger partial charge in [0.2, 0.25) is 5.75 Å². The van der Waals surface area contributed by atoms with Crippen molar-refractivity contribution >= 4 is 6.09 Å². The Bertz CT molecular complexity index is 1050. The van der Waals surface area contributed by atoms with Crippen LogP contribution in [0.1, 0.15) is 37.6 Å². The third-order valence-corrected chi connectivity index (χ3v) is 5.09. The van der Waals surface area contributed by atoms with Gasteiger partial charge in [0.05, 0.1) is 18.4 Å². The number of carbonyl (C=O) groups is 1. The first-order chi connectivity index (χ1) is 15.3. The summed E-state index contributed by atoms with van der Waals surface area (Å²) in [6.45, 7) is 7.32. The molecule has 0 unspecified atom stereocenters. The van der Waals surface area contributed by atoms with Gasteiger partial charge in [-0.1, -0.05) is 12.1 Å². The molecule has 0 aliphatic carbocycles. The molecule has 1 aliphatic heterocycles. The van der Waals surface area contributed by atoms with E-state index < -0.39 is 28.6 Å². The van der Waals surface area contributed by atoms with Crippen molar-refractivity contribution in [2.24, 2.45) is 0 Å². The number of carbonyl (C=O) groups excluding carboxylic acids is 1. The molecule has 8 nitrogen and oxygen atoms in total. The maximum atomic E-state index is 12.9. The van der Waals surface area contributed by atoms with E-state index in [1.165, 1.54) is 18.5 Å².